The van der Waals surface area contributed by atoms with Crippen molar-refractivity contribution in [2.24, 2.45) is 11.8 Å². The van der Waals surface area contributed by atoms with E-state index in [0.29, 0.717) is 11.6 Å². The molecule has 2 heterocycles. The van der Waals surface area contributed by atoms with Crippen molar-refractivity contribution >= 4 is 23.2 Å². The van der Waals surface area contributed by atoms with Crippen LogP contribution in [0.15, 0.2) is 29.6 Å². The second kappa shape index (κ2) is 6.71. The molecule has 1 amide bonds. The lowest BCUT2D eigenvalue weighted by molar-refractivity contribution is -0.142. The Bertz CT molecular complexity index is 850. The van der Waals surface area contributed by atoms with Crippen LogP contribution in [0.5, 0.6) is 0 Å². The summed E-state index contributed by atoms with van der Waals surface area (Å²) >= 11 is 1.07. The normalized spacial score (nSPS) is 20.4. The number of halogens is 3. The molecule has 0 bridgehead atoms. The first-order chi connectivity index (χ1) is 12.2. The minimum atomic E-state index is -4.45. The van der Waals surface area contributed by atoms with E-state index >= 15 is 0 Å². The summed E-state index contributed by atoms with van der Waals surface area (Å²) in [5.41, 5.74) is -0.390. The molecule has 2 atom stereocenters. The Balaban J connectivity index is 1.80. The molecular weight excluding hydrogens is 369 g/mol. The summed E-state index contributed by atoms with van der Waals surface area (Å²) in [6, 6.07) is 4.76. The van der Waals surface area contributed by atoms with E-state index in [1.165, 1.54) is 22.4 Å². The molecule has 26 heavy (non-hydrogen) atoms. The average molecular weight is 384 g/mol. The highest BCUT2D eigenvalue weighted by Crippen LogP contribution is 2.33. The van der Waals surface area contributed by atoms with Crippen molar-refractivity contribution in [1.29, 1.82) is 0 Å². The summed E-state index contributed by atoms with van der Waals surface area (Å²) in [5.74, 6) is -2.15. The molecular formula is C17H15F3N2O3S. The monoisotopic (exact) mass is 384 g/mol. The zero-order valence-electron chi connectivity index (χ0n) is 13.7. The van der Waals surface area contributed by atoms with Gasteiger partial charge in [-0.2, -0.15) is 13.2 Å². The Morgan fingerprint density at radius 2 is 2.04 bits per heavy atom. The molecule has 138 valence electrons. The first-order valence-corrected chi connectivity index (χ1v) is 8.70. The standard InChI is InChI=1S/C17H15F3N2O3S/c1-9-6-22(7-12(9)16(24)25)15(23)13-8-26-14(21-13)10-3-2-4-11(5-10)17(18,19)20/h2-5,8-9,12H,6-7H2,1H3,(H,24,25)/t9-,12-/m1/s1. The van der Waals surface area contributed by atoms with E-state index in [4.69, 9.17) is 5.11 Å². The van der Waals surface area contributed by atoms with Crippen LogP contribution in [0.25, 0.3) is 10.6 Å². The molecule has 1 saturated heterocycles. The van der Waals surface area contributed by atoms with Crippen molar-refractivity contribution in [1.82, 2.24) is 9.88 Å². The fraction of sp³-hybridized carbons (Fsp3) is 0.353. The van der Waals surface area contributed by atoms with E-state index in [1.54, 1.807) is 6.92 Å². The van der Waals surface area contributed by atoms with Crippen molar-refractivity contribution in [3.63, 3.8) is 0 Å². The minimum Gasteiger partial charge on any atom is -0.481 e. The Kier molecular flexibility index (Phi) is 4.74. The second-order valence-electron chi connectivity index (χ2n) is 6.25. The van der Waals surface area contributed by atoms with Crippen LogP contribution in [0.1, 0.15) is 23.0 Å². The summed E-state index contributed by atoms with van der Waals surface area (Å²) in [5, 5.41) is 10.9. The molecule has 0 aliphatic carbocycles. The highest BCUT2D eigenvalue weighted by Gasteiger charge is 2.38. The number of hydrogen-bond acceptors (Lipinski definition) is 4. The Hall–Kier alpha value is -2.42. The van der Waals surface area contributed by atoms with Crippen LogP contribution in [-0.2, 0) is 11.0 Å². The third-order valence-electron chi connectivity index (χ3n) is 4.38. The van der Waals surface area contributed by atoms with Crippen LogP contribution in [0.4, 0.5) is 13.2 Å². The molecule has 0 unspecified atom stereocenters. The maximum Gasteiger partial charge on any atom is 0.416 e. The van der Waals surface area contributed by atoms with Gasteiger partial charge in [-0.1, -0.05) is 19.1 Å². The summed E-state index contributed by atoms with van der Waals surface area (Å²) in [7, 11) is 0. The molecule has 1 aliphatic rings. The number of likely N-dealkylation sites (tertiary alicyclic amines) is 1. The SMILES string of the molecule is C[C@@H]1CN(C(=O)c2csc(-c3cccc(C(F)(F)F)c3)n2)C[C@H]1C(=O)O. The maximum atomic E-state index is 12.8. The molecule has 5 nitrogen and oxygen atoms in total. The van der Waals surface area contributed by atoms with Gasteiger partial charge in [-0.3, -0.25) is 9.59 Å². The number of nitrogens with zero attached hydrogens (tertiary/aromatic N) is 2. The number of aromatic nitrogens is 1. The van der Waals surface area contributed by atoms with Gasteiger partial charge in [0.2, 0.25) is 0 Å². The highest BCUT2D eigenvalue weighted by molar-refractivity contribution is 7.13. The van der Waals surface area contributed by atoms with E-state index in [0.717, 1.165) is 23.5 Å². The van der Waals surface area contributed by atoms with Gasteiger partial charge in [0.05, 0.1) is 11.5 Å². The van der Waals surface area contributed by atoms with Crippen LogP contribution in [0.2, 0.25) is 0 Å². The van der Waals surface area contributed by atoms with Crippen molar-refractivity contribution in [3.8, 4) is 10.6 Å². The molecule has 1 aliphatic heterocycles. The minimum absolute atomic E-state index is 0.103. The van der Waals surface area contributed by atoms with Crippen LogP contribution < -0.4 is 0 Å². The molecule has 1 aromatic heterocycles. The first-order valence-electron chi connectivity index (χ1n) is 7.82. The van der Waals surface area contributed by atoms with Gasteiger partial charge < -0.3 is 10.0 Å². The molecule has 1 N–H and O–H groups in total. The summed E-state index contributed by atoms with van der Waals surface area (Å²) in [6.07, 6.45) is -4.45. The van der Waals surface area contributed by atoms with E-state index in [-0.39, 0.29) is 23.7 Å². The topological polar surface area (TPSA) is 70.5 Å². The van der Waals surface area contributed by atoms with Crippen LogP contribution in [-0.4, -0.2) is 40.0 Å². The lowest BCUT2D eigenvalue weighted by Crippen LogP contribution is -2.30. The third kappa shape index (κ3) is 3.57. The number of amides is 1. The summed E-state index contributed by atoms with van der Waals surface area (Å²) < 4.78 is 38.5. The number of carbonyl (C=O) groups is 2. The number of benzene rings is 1. The largest absolute Gasteiger partial charge is 0.481 e. The van der Waals surface area contributed by atoms with Crippen LogP contribution >= 0.6 is 11.3 Å². The highest BCUT2D eigenvalue weighted by atomic mass is 32.1. The molecule has 0 spiro atoms. The number of hydrogen-bond donors (Lipinski definition) is 1. The smallest absolute Gasteiger partial charge is 0.416 e. The van der Waals surface area contributed by atoms with Gasteiger partial charge in [-0.15, -0.1) is 11.3 Å². The molecule has 9 heteroatoms. The Morgan fingerprint density at radius 3 is 2.65 bits per heavy atom. The van der Waals surface area contributed by atoms with E-state index < -0.39 is 29.5 Å². The van der Waals surface area contributed by atoms with Gasteiger partial charge in [0.1, 0.15) is 10.7 Å². The molecule has 2 aromatic rings. The van der Waals surface area contributed by atoms with Crippen molar-refractivity contribution in [2.45, 2.75) is 13.1 Å². The molecule has 1 fully saturated rings. The van der Waals surface area contributed by atoms with Crippen molar-refractivity contribution < 1.29 is 27.9 Å². The van der Waals surface area contributed by atoms with Gasteiger partial charge in [0, 0.05) is 24.0 Å². The lowest BCUT2D eigenvalue weighted by atomic mass is 9.99. The van der Waals surface area contributed by atoms with Crippen LogP contribution in [0.3, 0.4) is 0 Å². The molecule has 3 rings (SSSR count). The predicted octanol–water partition coefficient (Wildman–Crippen LogP) is 3.62. The van der Waals surface area contributed by atoms with Crippen molar-refractivity contribution in [2.75, 3.05) is 13.1 Å². The number of thiazole rings is 1. The third-order valence-corrected chi connectivity index (χ3v) is 5.27. The predicted molar refractivity (Wildman–Crippen MR) is 88.7 cm³/mol. The average Bonchev–Trinajstić information content (AvgIpc) is 3.20. The zero-order valence-corrected chi connectivity index (χ0v) is 14.5. The number of rotatable bonds is 3. The second-order valence-corrected chi connectivity index (χ2v) is 7.11. The first kappa shape index (κ1) is 18.4. The van der Waals surface area contributed by atoms with Gasteiger partial charge in [-0.05, 0) is 18.1 Å². The molecule has 0 saturated carbocycles. The Labute approximate surface area is 151 Å². The number of carboxylic acid groups (broad SMARTS) is 1. The number of carbonyl (C=O) groups excluding carboxylic acids is 1. The fourth-order valence-electron chi connectivity index (χ4n) is 2.95. The molecule has 1 aromatic carbocycles. The number of carboxylic acids is 1. The zero-order chi connectivity index (χ0) is 19.1. The van der Waals surface area contributed by atoms with Gasteiger partial charge >= 0.3 is 12.1 Å². The van der Waals surface area contributed by atoms with E-state index in [2.05, 4.69) is 4.98 Å². The van der Waals surface area contributed by atoms with Crippen LogP contribution in [0, 0.1) is 11.8 Å². The maximum absolute atomic E-state index is 12.8. The van der Waals surface area contributed by atoms with E-state index in [1.807, 2.05) is 0 Å². The fourth-order valence-corrected chi connectivity index (χ4v) is 3.74. The number of aliphatic carboxylic acids is 1. The number of alkyl halides is 3. The molecule has 0 radical (unpaired) electrons. The Morgan fingerprint density at radius 1 is 1.31 bits per heavy atom. The van der Waals surface area contributed by atoms with E-state index in [9.17, 15) is 22.8 Å². The quantitative estimate of drug-likeness (QED) is 0.878. The van der Waals surface area contributed by atoms with Gasteiger partial charge in [0.25, 0.3) is 5.91 Å². The van der Waals surface area contributed by atoms with Gasteiger partial charge in [0.15, 0.2) is 0 Å². The van der Waals surface area contributed by atoms with Gasteiger partial charge in [-0.25, -0.2) is 4.98 Å². The summed E-state index contributed by atoms with van der Waals surface area (Å²) in [6.45, 7) is 2.18. The van der Waals surface area contributed by atoms with Crippen molar-refractivity contribution in [3.05, 3.63) is 40.9 Å². The summed E-state index contributed by atoms with van der Waals surface area (Å²) in [4.78, 5) is 29.3. The lowest BCUT2D eigenvalue weighted by Gasteiger charge is -2.14.